The van der Waals surface area contributed by atoms with Gasteiger partial charge in [-0.05, 0) is 49.7 Å². The van der Waals surface area contributed by atoms with Crippen LogP contribution >= 0.6 is 23.4 Å². The molecule has 7 nitrogen and oxygen atoms in total. The van der Waals surface area contributed by atoms with Crippen LogP contribution in [-0.4, -0.2) is 27.9 Å². The molecule has 9 heteroatoms. The number of anilines is 1. The first-order valence-electron chi connectivity index (χ1n) is 8.31. The van der Waals surface area contributed by atoms with Gasteiger partial charge in [0, 0.05) is 16.3 Å². The van der Waals surface area contributed by atoms with Crippen molar-refractivity contribution in [2.45, 2.75) is 19.1 Å². The largest absolute Gasteiger partial charge is 0.411 e. The lowest BCUT2D eigenvalue weighted by atomic mass is 10.1. The average Bonchev–Trinajstić information content (AvgIpc) is 3.12. The van der Waals surface area contributed by atoms with Crippen LogP contribution in [0.15, 0.2) is 52.1 Å². The molecule has 2 aromatic carbocycles. The molecular weight excluding hydrogens is 400 g/mol. The molecule has 0 aliphatic rings. The second-order valence-corrected chi connectivity index (χ2v) is 7.35. The molecule has 0 spiro atoms. The van der Waals surface area contributed by atoms with E-state index in [1.54, 1.807) is 30.3 Å². The van der Waals surface area contributed by atoms with E-state index in [0.29, 0.717) is 16.6 Å². The quantitative estimate of drug-likeness (QED) is 0.596. The Kier molecular flexibility index (Phi) is 6.33. The van der Waals surface area contributed by atoms with Crippen LogP contribution in [0.4, 0.5) is 10.5 Å². The van der Waals surface area contributed by atoms with Gasteiger partial charge in [0.2, 0.25) is 11.8 Å². The standard InChI is InChI=1S/C19H17ClN4O3S/c1-11-3-8-15(12(2)9-11)21-18(26)22-16(25)10-28-19-24-23-17(27-19)13-4-6-14(20)7-5-13/h3-9H,10H2,1-2H3,(H2,21,22,25,26). The van der Waals surface area contributed by atoms with E-state index < -0.39 is 11.9 Å². The van der Waals surface area contributed by atoms with Gasteiger partial charge in [-0.15, -0.1) is 10.2 Å². The maximum absolute atomic E-state index is 12.0. The normalized spacial score (nSPS) is 10.5. The van der Waals surface area contributed by atoms with Crippen LogP contribution in [0.2, 0.25) is 5.02 Å². The van der Waals surface area contributed by atoms with Gasteiger partial charge in [-0.2, -0.15) is 0 Å². The minimum atomic E-state index is -0.593. The van der Waals surface area contributed by atoms with Crippen LogP contribution in [0.5, 0.6) is 0 Å². The highest BCUT2D eigenvalue weighted by molar-refractivity contribution is 7.99. The Morgan fingerprint density at radius 3 is 2.57 bits per heavy atom. The molecule has 0 saturated carbocycles. The lowest BCUT2D eigenvalue weighted by Gasteiger charge is -2.09. The van der Waals surface area contributed by atoms with E-state index in [0.717, 1.165) is 28.5 Å². The molecule has 0 saturated heterocycles. The number of hydrogen-bond donors (Lipinski definition) is 2. The van der Waals surface area contributed by atoms with Gasteiger partial charge in [-0.1, -0.05) is 41.1 Å². The first-order valence-corrected chi connectivity index (χ1v) is 9.67. The van der Waals surface area contributed by atoms with Gasteiger partial charge in [-0.25, -0.2) is 4.79 Å². The van der Waals surface area contributed by atoms with Crippen LogP contribution in [-0.2, 0) is 4.79 Å². The summed E-state index contributed by atoms with van der Waals surface area (Å²) in [6.07, 6.45) is 0. The fourth-order valence-electron chi connectivity index (χ4n) is 2.37. The number of thioether (sulfide) groups is 1. The number of carbonyl (C=O) groups is 2. The maximum atomic E-state index is 12.0. The van der Waals surface area contributed by atoms with Crippen LogP contribution in [0.25, 0.3) is 11.5 Å². The molecule has 1 heterocycles. The Labute approximate surface area is 170 Å². The van der Waals surface area contributed by atoms with E-state index in [1.807, 2.05) is 26.0 Å². The first-order chi connectivity index (χ1) is 13.4. The Bertz CT molecular complexity index is 1000. The van der Waals surface area contributed by atoms with Crippen molar-refractivity contribution in [2.24, 2.45) is 0 Å². The topological polar surface area (TPSA) is 97.1 Å². The van der Waals surface area contributed by atoms with E-state index in [1.165, 1.54) is 0 Å². The lowest BCUT2D eigenvalue weighted by Crippen LogP contribution is -2.35. The number of amides is 3. The molecule has 0 bridgehead atoms. The second-order valence-electron chi connectivity index (χ2n) is 5.99. The summed E-state index contributed by atoms with van der Waals surface area (Å²) in [6.45, 7) is 3.85. The van der Waals surface area contributed by atoms with Crippen molar-refractivity contribution in [2.75, 3.05) is 11.1 Å². The van der Waals surface area contributed by atoms with Crippen LogP contribution < -0.4 is 10.6 Å². The fourth-order valence-corrected chi connectivity index (χ4v) is 3.06. The molecule has 144 valence electrons. The highest BCUT2D eigenvalue weighted by Gasteiger charge is 2.13. The number of halogens is 1. The Hall–Kier alpha value is -2.84. The molecule has 0 atom stereocenters. The summed E-state index contributed by atoms with van der Waals surface area (Å²) in [7, 11) is 0. The zero-order chi connectivity index (χ0) is 20.1. The first kappa shape index (κ1) is 19.9. The van der Waals surface area contributed by atoms with Crippen LogP contribution in [0, 0.1) is 13.8 Å². The van der Waals surface area contributed by atoms with E-state index in [9.17, 15) is 9.59 Å². The van der Waals surface area contributed by atoms with E-state index >= 15 is 0 Å². The summed E-state index contributed by atoms with van der Waals surface area (Å²) < 4.78 is 5.50. The van der Waals surface area contributed by atoms with Crippen molar-refractivity contribution in [1.29, 1.82) is 0 Å². The molecular formula is C19H17ClN4O3S. The summed E-state index contributed by atoms with van der Waals surface area (Å²) in [5, 5.41) is 13.6. The molecule has 0 unspecified atom stereocenters. The Morgan fingerprint density at radius 1 is 1.11 bits per heavy atom. The molecule has 2 N–H and O–H groups in total. The van der Waals surface area contributed by atoms with Gasteiger partial charge in [0.25, 0.3) is 5.22 Å². The Balaban J connectivity index is 1.50. The summed E-state index contributed by atoms with van der Waals surface area (Å²) in [5.41, 5.74) is 3.38. The number of carbonyl (C=O) groups excluding carboxylic acids is 2. The number of rotatable bonds is 5. The lowest BCUT2D eigenvalue weighted by molar-refractivity contribution is -0.117. The summed E-state index contributed by atoms with van der Waals surface area (Å²) in [5.74, 6) is -0.187. The van der Waals surface area contributed by atoms with Crippen molar-refractivity contribution >= 4 is 41.0 Å². The van der Waals surface area contributed by atoms with Crippen LogP contribution in [0.3, 0.4) is 0 Å². The van der Waals surface area contributed by atoms with Crippen LogP contribution in [0.1, 0.15) is 11.1 Å². The molecule has 3 rings (SSSR count). The molecule has 0 aliphatic heterocycles. The minimum absolute atomic E-state index is 0.0391. The van der Waals surface area contributed by atoms with E-state index in [4.69, 9.17) is 16.0 Å². The number of hydrogen-bond acceptors (Lipinski definition) is 6. The van der Waals surface area contributed by atoms with Gasteiger partial charge in [0.1, 0.15) is 0 Å². The van der Waals surface area contributed by atoms with E-state index in [-0.39, 0.29) is 11.0 Å². The minimum Gasteiger partial charge on any atom is -0.411 e. The predicted molar refractivity (Wildman–Crippen MR) is 109 cm³/mol. The molecule has 3 amide bonds. The van der Waals surface area contributed by atoms with Gasteiger partial charge < -0.3 is 9.73 Å². The van der Waals surface area contributed by atoms with Crippen molar-refractivity contribution in [3.63, 3.8) is 0 Å². The zero-order valence-electron chi connectivity index (χ0n) is 15.2. The number of imide groups is 1. The van der Waals surface area contributed by atoms with Crippen molar-refractivity contribution in [1.82, 2.24) is 15.5 Å². The second kappa shape index (κ2) is 8.90. The number of aryl methyl sites for hydroxylation is 2. The van der Waals surface area contributed by atoms with Crippen molar-refractivity contribution in [3.05, 3.63) is 58.6 Å². The number of benzene rings is 2. The maximum Gasteiger partial charge on any atom is 0.325 e. The fraction of sp³-hybridized carbons (Fsp3) is 0.158. The third kappa shape index (κ3) is 5.34. The molecule has 28 heavy (non-hydrogen) atoms. The summed E-state index contributed by atoms with van der Waals surface area (Å²) in [6, 6.07) is 12.0. The third-order valence-corrected chi connectivity index (χ3v) is 4.78. The third-order valence-electron chi connectivity index (χ3n) is 3.71. The molecule has 3 aromatic rings. The highest BCUT2D eigenvalue weighted by atomic mass is 35.5. The molecule has 0 aliphatic carbocycles. The highest BCUT2D eigenvalue weighted by Crippen LogP contribution is 2.24. The number of aromatic nitrogens is 2. The smallest absolute Gasteiger partial charge is 0.325 e. The Morgan fingerprint density at radius 2 is 1.86 bits per heavy atom. The molecule has 1 aromatic heterocycles. The predicted octanol–water partition coefficient (Wildman–Crippen LogP) is 4.45. The monoisotopic (exact) mass is 416 g/mol. The van der Waals surface area contributed by atoms with Gasteiger partial charge in [-0.3, -0.25) is 10.1 Å². The summed E-state index contributed by atoms with van der Waals surface area (Å²) in [4.78, 5) is 23.9. The number of nitrogens with zero attached hydrogens (tertiary/aromatic N) is 2. The van der Waals surface area contributed by atoms with Gasteiger partial charge >= 0.3 is 6.03 Å². The average molecular weight is 417 g/mol. The molecule has 0 fully saturated rings. The van der Waals surface area contributed by atoms with Crippen molar-refractivity contribution < 1.29 is 14.0 Å². The van der Waals surface area contributed by atoms with Gasteiger partial charge in [0.05, 0.1) is 5.75 Å². The summed E-state index contributed by atoms with van der Waals surface area (Å²) >= 11 is 6.89. The van der Waals surface area contributed by atoms with E-state index in [2.05, 4.69) is 20.8 Å². The SMILES string of the molecule is Cc1ccc(NC(=O)NC(=O)CSc2nnc(-c3ccc(Cl)cc3)o2)c(C)c1. The number of nitrogens with one attached hydrogen (secondary N) is 2. The van der Waals surface area contributed by atoms with Gasteiger partial charge in [0.15, 0.2) is 0 Å². The zero-order valence-corrected chi connectivity index (χ0v) is 16.7. The molecule has 0 radical (unpaired) electrons. The number of urea groups is 1. The van der Waals surface area contributed by atoms with Crippen molar-refractivity contribution in [3.8, 4) is 11.5 Å².